The van der Waals surface area contributed by atoms with Gasteiger partial charge in [0.15, 0.2) is 0 Å². The minimum Gasteiger partial charge on any atom is -0.271 e. The molecule has 2 aliphatic carbocycles. The predicted molar refractivity (Wildman–Crippen MR) is 86.2 cm³/mol. The van der Waals surface area contributed by atoms with Gasteiger partial charge in [0.1, 0.15) is 0 Å². The average molecular weight is 285 g/mol. The molecule has 3 atom stereocenters. The minimum absolute atomic E-state index is 0.539. The van der Waals surface area contributed by atoms with E-state index in [4.69, 9.17) is 5.84 Å². The maximum atomic E-state index is 5.87. The number of hydrogen-bond donors (Lipinski definition) is 2. The van der Waals surface area contributed by atoms with E-state index in [0.717, 1.165) is 17.1 Å². The molecule has 0 aromatic heterocycles. The molecule has 0 spiro atoms. The maximum Gasteiger partial charge on any atom is 0.0332 e. The van der Waals surface area contributed by atoms with Gasteiger partial charge in [-0.05, 0) is 31.1 Å². The van der Waals surface area contributed by atoms with Crippen LogP contribution in [0, 0.1) is 11.8 Å². The molecule has 2 fully saturated rings. The summed E-state index contributed by atoms with van der Waals surface area (Å²) >= 11 is 2.19. The number of hydrazine groups is 1. The third kappa shape index (κ3) is 4.64. The maximum absolute atomic E-state index is 5.87. The summed E-state index contributed by atoms with van der Waals surface area (Å²) in [5.41, 5.74) is 3.15. The second-order valence-electron chi connectivity index (χ2n) is 6.48. The van der Waals surface area contributed by atoms with Gasteiger partial charge in [-0.15, -0.1) is 0 Å². The molecule has 0 aromatic carbocycles. The molecule has 3 unspecified atom stereocenters. The number of hydrogen-bond acceptors (Lipinski definition) is 3. The van der Waals surface area contributed by atoms with E-state index in [1.165, 1.54) is 70.0 Å². The average Bonchev–Trinajstić information content (AvgIpc) is 2.49. The lowest BCUT2D eigenvalue weighted by Crippen LogP contribution is -2.46. The Kier molecular flexibility index (Phi) is 7.03. The number of nitrogens with two attached hydrogens (primary N) is 1. The van der Waals surface area contributed by atoms with Crippen molar-refractivity contribution in [2.24, 2.45) is 17.7 Å². The first-order valence-electron chi connectivity index (χ1n) is 8.42. The Morgan fingerprint density at radius 1 is 1.05 bits per heavy atom. The summed E-state index contributed by atoms with van der Waals surface area (Å²) in [5, 5.41) is 0.910. The van der Waals surface area contributed by atoms with Crippen LogP contribution in [0.4, 0.5) is 0 Å². The zero-order chi connectivity index (χ0) is 13.5. The van der Waals surface area contributed by atoms with E-state index in [-0.39, 0.29) is 0 Å². The standard InChI is InChI=1S/C16H32N2S/c1-2-13-8-6-7-11-15(13)16(18-17)12-19-14-9-4-3-5-10-14/h13-16,18H,2-12,17H2,1H3. The summed E-state index contributed by atoms with van der Waals surface area (Å²) < 4.78 is 0. The van der Waals surface area contributed by atoms with Gasteiger partial charge < -0.3 is 0 Å². The lowest BCUT2D eigenvalue weighted by molar-refractivity contribution is 0.186. The van der Waals surface area contributed by atoms with Gasteiger partial charge in [-0.2, -0.15) is 11.8 Å². The summed E-state index contributed by atoms with van der Waals surface area (Å²) in [5.74, 6) is 8.82. The lowest BCUT2D eigenvalue weighted by Gasteiger charge is -2.37. The van der Waals surface area contributed by atoms with Crippen LogP contribution in [0.2, 0.25) is 0 Å². The Morgan fingerprint density at radius 3 is 2.42 bits per heavy atom. The smallest absolute Gasteiger partial charge is 0.0332 e. The second-order valence-corrected chi connectivity index (χ2v) is 7.82. The summed E-state index contributed by atoms with van der Waals surface area (Å²) in [6.07, 6.45) is 14.2. The molecule has 112 valence electrons. The lowest BCUT2D eigenvalue weighted by atomic mass is 9.74. The molecule has 0 heterocycles. The summed E-state index contributed by atoms with van der Waals surface area (Å²) in [6, 6.07) is 0.539. The molecule has 0 bridgehead atoms. The van der Waals surface area contributed by atoms with Crippen LogP contribution >= 0.6 is 11.8 Å². The van der Waals surface area contributed by atoms with Crippen molar-refractivity contribution in [1.29, 1.82) is 0 Å². The molecule has 0 radical (unpaired) electrons. The highest BCUT2D eigenvalue weighted by atomic mass is 32.2. The molecular formula is C16H32N2S. The third-order valence-electron chi connectivity index (χ3n) is 5.29. The molecule has 2 rings (SSSR count). The van der Waals surface area contributed by atoms with E-state index in [0.29, 0.717) is 6.04 Å². The quantitative estimate of drug-likeness (QED) is 0.569. The van der Waals surface area contributed by atoms with Crippen LogP contribution in [0.1, 0.15) is 71.1 Å². The molecule has 2 saturated carbocycles. The Hall–Kier alpha value is 0.270. The van der Waals surface area contributed by atoms with Crippen molar-refractivity contribution in [2.45, 2.75) is 82.4 Å². The fourth-order valence-corrected chi connectivity index (χ4v) is 5.53. The second kappa shape index (κ2) is 8.53. The number of rotatable bonds is 6. The summed E-state index contributed by atoms with van der Waals surface area (Å²) in [7, 11) is 0. The van der Waals surface area contributed by atoms with Gasteiger partial charge in [-0.3, -0.25) is 11.3 Å². The first-order valence-corrected chi connectivity index (χ1v) is 9.47. The molecule has 3 heteroatoms. The van der Waals surface area contributed by atoms with Crippen LogP contribution in [0.3, 0.4) is 0 Å². The molecule has 0 saturated heterocycles. The first kappa shape index (κ1) is 15.7. The topological polar surface area (TPSA) is 38.0 Å². The van der Waals surface area contributed by atoms with Gasteiger partial charge in [0.2, 0.25) is 0 Å². The van der Waals surface area contributed by atoms with Gasteiger partial charge in [-0.1, -0.05) is 51.9 Å². The van der Waals surface area contributed by atoms with Crippen molar-refractivity contribution in [2.75, 3.05) is 5.75 Å². The van der Waals surface area contributed by atoms with Crippen molar-refractivity contribution in [3.8, 4) is 0 Å². The van der Waals surface area contributed by atoms with Crippen molar-refractivity contribution in [3.05, 3.63) is 0 Å². The normalized spacial score (nSPS) is 31.3. The fraction of sp³-hybridized carbons (Fsp3) is 1.00. The monoisotopic (exact) mass is 284 g/mol. The van der Waals surface area contributed by atoms with Crippen molar-refractivity contribution < 1.29 is 0 Å². The zero-order valence-electron chi connectivity index (χ0n) is 12.6. The van der Waals surface area contributed by atoms with Crippen molar-refractivity contribution in [1.82, 2.24) is 5.43 Å². The van der Waals surface area contributed by atoms with Gasteiger partial charge in [0, 0.05) is 17.0 Å². The molecule has 3 N–H and O–H groups in total. The minimum atomic E-state index is 0.539. The number of nitrogens with one attached hydrogen (secondary N) is 1. The highest BCUT2D eigenvalue weighted by Gasteiger charge is 2.30. The molecular weight excluding hydrogens is 252 g/mol. The van der Waals surface area contributed by atoms with Crippen LogP contribution in [0.15, 0.2) is 0 Å². The van der Waals surface area contributed by atoms with Gasteiger partial charge in [0.25, 0.3) is 0 Å². The third-order valence-corrected chi connectivity index (χ3v) is 6.78. The molecule has 0 aromatic rings. The molecule has 19 heavy (non-hydrogen) atoms. The number of thioether (sulfide) groups is 1. The zero-order valence-corrected chi connectivity index (χ0v) is 13.4. The van der Waals surface area contributed by atoms with Gasteiger partial charge in [0.05, 0.1) is 0 Å². The largest absolute Gasteiger partial charge is 0.271 e. The highest BCUT2D eigenvalue weighted by molar-refractivity contribution is 7.99. The SMILES string of the molecule is CCC1CCCCC1C(CSC1CCCCC1)NN. The fourth-order valence-electron chi connectivity index (χ4n) is 4.04. The van der Waals surface area contributed by atoms with Crippen LogP contribution in [0.5, 0.6) is 0 Å². The molecule has 0 amide bonds. The van der Waals surface area contributed by atoms with Gasteiger partial charge in [-0.25, -0.2) is 0 Å². The first-order chi connectivity index (χ1) is 9.35. The van der Waals surface area contributed by atoms with Crippen LogP contribution in [0.25, 0.3) is 0 Å². The highest BCUT2D eigenvalue weighted by Crippen LogP contribution is 2.36. The Balaban J connectivity index is 1.80. The summed E-state index contributed by atoms with van der Waals surface area (Å²) in [4.78, 5) is 0. The van der Waals surface area contributed by atoms with E-state index in [1.807, 2.05) is 0 Å². The van der Waals surface area contributed by atoms with Crippen molar-refractivity contribution in [3.63, 3.8) is 0 Å². The van der Waals surface area contributed by atoms with Crippen LogP contribution in [-0.2, 0) is 0 Å². The van der Waals surface area contributed by atoms with E-state index in [2.05, 4.69) is 24.1 Å². The molecule has 0 aliphatic heterocycles. The Morgan fingerprint density at radius 2 is 1.74 bits per heavy atom. The Bertz CT molecular complexity index is 241. The molecule has 2 aliphatic rings. The van der Waals surface area contributed by atoms with Crippen LogP contribution in [-0.4, -0.2) is 17.0 Å². The predicted octanol–water partition coefficient (Wildman–Crippen LogP) is 4.10. The van der Waals surface area contributed by atoms with E-state index >= 15 is 0 Å². The van der Waals surface area contributed by atoms with E-state index in [9.17, 15) is 0 Å². The molecule has 2 nitrogen and oxygen atoms in total. The van der Waals surface area contributed by atoms with Crippen LogP contribution < -0.4 is 11.3 Å². The Labute approximate surface area is 123 Å². The van der Waals surface area contributed by atoms with E-state index in [1.54, 1.807) is 0 Å². The van der Waals surface area contributed by atoms with Gasteiger partial charge >= 0.3 is 0 Å². The summed E-state index contributed by atoms with van der Waals surface area (Å²) in [6.45, 7) is 2.35. The van der Waals surface area contributed by atoms with Crippen molar-refractivity contribution >= 4 is 11.8 Å². The van der Waals surface area contributed by atoms with E-state index < -0.39 is 0 Å².